The van der Waals surface area contributed by atoms with Gasteiger partial charge in [0, 0.05) is 18.0 Å². The largest absolute Gasteiger partial charge is 0.363 e. The van der Waals surface area contributed by atoms with Crippen molar-refractivity contribution in [3.05, 3.63) is 23.1 Å². The van der Waals surface area contributed by atoms with Gasteiger partial charge in [-0.25, -0.2) is 0 Å². The molecule has 0 aliphatic rings. The van der Waals surface area contributed by atoms with Crippen LogP contribution in [0.3, 0.4) is 0 Å². The quantitative estimate of drug-likeness (QED) is 0.386. The maximum atomic E-state index is 2.61. The topological polar surface area (TPSA) is 3.24 Å². The summed E-state index contributed by atoms with van der Waals surface area (Å²) in [5.74, 6) is 0. The summed E-state index contributed by atoms with van der Waals surface area (Å²) < 4.78 is 0. The first-order chi connectivity index (χ1) is 10.3. The SMILES string of the molecule is CC=Cc1ccc(N(CCCCCC)CCCCCC)s1. The van der Waals surface area contributed by atoms with Gasteiger partial charge in [0.1, 0.15) is 0 Å². The maximum absolute atomic E-state index is 2.61. The lowest BCUT2D eigenvalue weighted by molar-refractivity contribution is 0.611. The Bertz CT molecular complexity index is 369. The molecule has 0 aromatic carbocycles. The Kier molecular flexibility index (Phi) is 10.3. The van der Waals surface area contributed by atoms with Gasteiger partial charge in [0.15, 0.2) is 0 Å². The van der Waals surface area contributed by atoms with Crippen LogP contribution in [-0.2, 0) is 0 Å². The molecule has 0 saturated heterocycles. The lowest BCUT2D eigenvalue weighted by Crippen LogP contribution is -2.24. The van der Waals surface area contributed by atoms with Crippen LogP contribution in [0.1, 0.15) is 77.0 Å². The van der Waals surface area contributed by atoms with E-state index in [2.05, 4.69) is 50.0 Å². The van der Waals surface area contributed by atoms with Gasteiger partial charge in [-0.1, -0.05) is 58.4 Å². The number of rotatable bonds is 12. The molecule has 21 heavy (non-hydrogen) atoms. The molecule has 1 aromatic heterocycles. The number of thiophene rings is 1. The Labute approximate surface area is 136 Å². The predicted octanol–water partition coefficient (Wildman–Crippen LogP) is 6.75. The summed E-state index contributed by atoms with van der Waals surface area (Å²) >= 11 is 1.93. The van der Waals surface area contributed by atoms with E-state index in [0.29, 0.717) is 0 Å². The number of hydrogen-bond donors (Lipinski definition) is 0. The Hall–Kier alpha value is -0.760. The molecule has 0 bridgehead atoms. The van der Waals surface area contributed by atoms with Crippen molar-refractivity contribution in [1.29, 1.82) is 0 Å². The molecule has 2 heteroatoms. The van der Waals surface area contributed by atoms with Crippen molar-refractivity contribution >= 4 is 22.4 Å². The smallest absolute Gasteiger partial charge is 0.0914 e. The first-order valence-electron chi connectivity index (χ1n) is 8.79. The minimum atomic E-state index is 1.22. The highest BCUT2D eigenvalue weighted by Crippen LogP contribution is 2.28. The standard InChI is InChI=1S/C19H33NS/c1-4-7-9-11-16-20(17-12-10-8-5-2)19-15-14-18(21-19)13-6-3/h6,13-15H,4-5,7-12,16-17H2,1-3H3. The van der Waals surface area contributed by atoms with Gasteiger partial charge in [-0.05, 0) is 38.0 Å². The first kappa shape index (κ1) is 18.3. The van der Waals surface area contributed by atoms with Gasteiger partial charge in [0.05, 0.1) is 5.00 Å². The fourth-order valence-electron chi connectivity index (χ4n) is 2.56. The molecule has 0 aliphatic heterocycles. The van der Waals surface area contributed by atoms with Gasteiger partial charge in [0.25, 0.3) is 0 Å². The first-order valence-corrected chi connectivity index (χ1v) is 9.61. The normalized spacial score (nSPS) is 11.4. The summed E-state index contributed by atoms with van der Waals surface area (Å²) in [6, 6.07) is 4.56. The van der Waals surface area contributed by atoms with E-state index in [-0.39, 0.29) is 0 Å². The van der Waals surface area contributed by atoms with E-state index in [0.717, 1.165) is 0 Å². The Morgan fingerprint density at radius 2 is 1.52 bits per heavy atom. The van der Waals surface area contributed by atoms with Crippen molar-refractivity contribution in [3.8, 4) is 0 Å². The molecule has 0 saturated carbocycles. The molecular weight excluding hydrogens is 274 g/mol. The molecule has 0 amide bonds. The van der Waals surface area contributed by atoms with Crippen LogP contribution in [0.5, 0.6) is 0 Å². The molecule has 1 aromatic rings. The number of nitrogens with zero attached hydrogens (tertiary/aromatic N) is 1. The van der Waals surface area contributed by atoms with Crippen LogP contribution in [0.4, 0.5) is 5.00 Å². The average Bonchev–Trinajstić information content (AvgIpc) is 2.94. The van der Waals surface area contributed by atoms with E-state index in [1.54, 1.807) is 0 Å². The second-order valence-corrected chi connectivity index (χ2v) is 6.88. The monoisotopic (exact) mass is 307 g/mol. The molecule has 0 N–H and O–H groups in total. The number of anilines is 1. The summed E-state index contributed by atoms with van der Waals surface area (Å²) in [5.41, 5.74) is 0. The van der Waals surface area contributed by atoms with Crippen LogP contribution in [0, 0.1) is 0 Å². The highest BCUT2D eigenvalue weighted by Gasteiger charge is 2.08. The van der Waals surface area contributed by atoms with Gasteiger partial charge in [-0.15, -0.1) is 11.3 Å². The Balaban J connectivity index is 2.51. The van der Waals surface area contributed by atoms with E-state index >= 15 is 0 Å². The van der Waals surface area contributed by atoms with E-state index in [1.807, 2.05) is 11.3 Å². The van der Waals surface area contributed by atoms with Crippen LogP contribution >= 0.6 is 11.3 Å². The number of allylic oxidation sites excluding steroid dienone is 1. The molecular formula is C19H33NS. The molecule has 0 unspecified atom stereocenters. The zero-order valence-corrected chi connectivity index (χ0v) is 15.1. The molecule has 0 atom stereocenters. The summed E-state index contributed by atoms with van der Waals surface area (Å²) in [4.78, 5) is 3.99. The summed E-state index contributed by atoms with van der Waals surface area (Å²) in [5, 5.41) is 1.45. The van der Waals surface area contributed by atoms with Gasteiger partial charge in [-0.2, -0.15) is 0 Å². The van der Waals surface area contributed by atoms with Crippen LogP contribution < -0.4 is 4.90 Å². The van der Waals surface area contributed by atoms with Crippen LogP contribution in [-0.4, -0.2) is 13.1 Å². The molecule has 1 nitrogen and oxygen atoms in total. The summed E-state index contributed by atoms with van der Waals surface area (Å²) in [6.07, 6.45) is 15.1. The van der Waals surface area contributed by atoms with Gasteiger partial charge < -0.3 is 4.90 Å². The molecule has 1 rings (SSSR count). The third-order valence-corrected chi connectivity index (χ3v) is 4.93. The van der Waals surface area contributed by atoms with E-state index in [1.165, 1.54) is 74.3 Å². The highest BCUT2D eigenvalue weighted by atomic mass is 32.1. The Morgan fingerprint density at radius 3 is 2.05 bits per heavy atom. The molecule has 1 heterocycles. The average molecular weight is 308 g/mol. The predicted molar refractivity (Wildman–Crippen MR) is 99.5 cm³/mol. The lowest BCUT2D eigenvalue weighted by atomic mass is 10.1. The number of hydrogen-bond acceptors (Lipinski definition) is 2. The molecule has 0 radical (unpaired) electrons. The van der Waals surface area contributed by atoms with Gasteiger partial charge >= 0.3 is 0 Å². The van der Waals surface area contributed by atoms with Gasteiger partial charge in [0.2, 0.25) is 0 Å². The fourth-order valence-corrected chi connectivity index (χ4v) is 3.59. The van der Waals surface area contributed by atoms with E-state index < -0.39 is 0 Å². The third kappa shape index (κ3) is 7.71. The van der Waals surface area contributed by atoms with Crippen LogP contribution in [0.15, 0.2) is 18.2 Å². The molecule has 0 spiro atoms. The van der Waals surface area contributed by atoms with Crippen molar-refractivity contribution in [3.63, 3.8) is 0 Å². The number of unbranched alkanes of at least 4 members (excludes halogenated alkanes) is 6. The molecule has 120 valence electrons. The Morgan fingerprint density at radius 1 is 0.905 bits per heavy atom. The highest BCUT2D eigenvalue weighted by molar-refractivity contribution is 7.16. The maximum Gasteiger partial charge on any atom is 0.0914 e. The zero-order valence-electron chi connectivity index (χ0n) is 14.2. The van der Waals surface area contributed by atoms with E-state index in [4.69, 9.17) is 0 Å². The minimum absolute atomic E-state index is 1.22. The lowest BCUT2D eigenvalue weighted by Gasteiger charge is -2.23. The second-order valence-electron chi connectivity index (χ2n) is 5.78. The molecule has 0 aliphatic carbocycles. The molecule has 0 fully saturated rings. The van der Waals surface area contributed by atoms with Crippen molar-refractivity contribution < 1.29 is 0 Å². The summed E-state index contributed by atoms with van der Waals surface area (Å²) in [7, 11) is 0. The van der Waals surface area contributed by atoms with Crippen LogP contribution in [0.2, 0.25) is 0 Å². The minimum Gasteiger partial charge on any atom is -0.363 e. The fraction of sp³-hybridized carbons (Fsp3) is 0.684. The second kappa shape index (κ2) is 11.9. The third-order valence-electron chi connectivity index (χ3n) is 3.82. The van der Waals surface area contributed by atoms with Crippen molar-refractivity contribution in [1.82, 2.24) is 0 Å². The van der Waals surface area contributed by atoms with Crippen molar-refractivity contribution in [2.24, 2.45) is 0 Å². The van der Waals surface area contributed by atoms with Crippen molar-refractivity contribution in [2.45, 2.75) is 72.1 Å². The summed E-state index contributed by atoms with van der Waals surface area (Å²) in [6.45, 7) is 9.10. The van der Waals surface area contributed by atoms with E-state index in [9.17, 15) is 0 Å². The van der Waals surface area contributed by atoms with Gasteiger partial charge in [-0.3, -0.25) is 0 Å². The van der Waals surface area contributed by atoms with Crippen molar-refractivity contribution in [2.75, 3.05) is 18.0 Å². The van der Waals surface area contributed by atoms with Crippen LogP contribution in [0.25, 0.3) is 6.08 Å². The zero-order chi connectivity index (χ0) is 15.3.